The lowest BCUT2D eigenvalue weighted by Gasteiger charge is -2.10. The molecular weight excluding hydrogens is 279 g/mol. The molecule has 8 heteroatoms. The number of benzene rings is 1. The fourth-order valence-electron chi connectivity index (χ4n) is 1.58. The van der Waals surface area contributed by atoms with Crippen LogP contribution < -0.4 is 4.74 Å². The number of hydrogen-bond acceptors (Lipinski definition) is 4. The van der Waals surface area contributed by atoms with Crippen molar-refractivity contribution in [2.45, 2.75) is 6.18 Å². The predicted octanol–water partition coefficient (Wildman–Crippen LogP) is 3.07. The van der Waals surface area contributed by atoms with E-state index in [1.807, 2.05) is 0 Å². The zero-order chi connectivity index (χ0) is 14.9. The number of carboxylic acid groups (broad SMARTS) is 1. The Morgan fingerprint density at radius 3 is 2.55 bits per heavy atom. The van der Waals surface area contributed by atoms with Crippen LogP contribution in [0.1, 0.15) is 16.1 Å². The van der Waals surface area contributed by atoms with Crippen molar-refractivity contribution >= 4 is 5.97 Å². The van der Waals surface area contributed by atoms with Crippen molar-refractivity contribution in [2.75, 3.05) is 7.11 Å². The van der Waals surface area contributed by atoms with Crippen molar-refractivity contribution in [3.8, 4) is 17.1 Å². The SMILES string of the molecule is COc1ccc(C(F)(F)F)cc1-c1cc(C(=O)O)no1. The lowest BCUT2D eigenvalue weighted by molar-refractivity contribution is -0.137. The van der Waals surface area contributed by atoms with Gasteiger partial charge >= 0.3 is 12.1 Å². The van der Waals surface area contributed by atoms with Gasteiger partial charge in [-0.05, 0) is 18.2 Å². The highest BCUT2D eigenvalue weighted by Gasteiger charge is 2.31. The summed E-state index contributed by atoms with van der Waals surface area (Å²) in [5, 5.41) is 12.0. The molecule has 0 aliphatic carbocycles. The van der Waals surface area contributed by atoms with Gasteiger partial charge in [-0.25, -0.2) is 4.79 Å². The van der Waals surface area contributed by atoms with Gasteiger partial charge in [-0.1, -0.05) is 5.16 Å². The van der Waals surface area contributed by atoms with Gasteiger partial charge in [0.15, 0.2) is 11.5 Å². The number of halogens is 3. The van der Waals surface area contributed by atoms with Crippen molar-refractivity contribution < 1.29 is 32.3 Å². The number of alkyl halides is 3. The Bertz CT molecular complexity index is 648. The predicted molar refractivity (Wildman–Crippen MR) is 60.5 cm³/mol. The molecule has 1 aromatic carbocycles. The summed E-state index contributed by atoms with van der Waals surface area (Å²) in [6.07, 6.45) is -4.53. The quantitative estimate of drug-likeness (QED) is 0.939. The molecule has 20 heavy (non-hydrogen) atoms. The summed E-state index contributed by atoms with van der Waals surface area (Å²) in [5.74, 6) is -1.35. The van der Waals surface area contributed by atoms with Crippen LogP contribution in [0.15, 0.2) is 28.8 Å². The van der Waals surface area contributed by atoms with Gasteiger partial charge in [0.2, 0.25) is 0 Å². The molecule has 0 aliphatic heterocycles. The fraction of sp³-hybridized carbons (Fsp3) is 0.167. The molecule has 0 aliphatic rings. The highest BCUT2D eigenvalue weighted by atomic mass is 19.4. The van der Waals surface area contributed by atoms with E-state index in [4.69, 9.17) is 14.4 Å². The lowest BCUT2D eigenvalue weighted by atomic mass is 10.1. The van der Waals surface area contributed by atoms with Crippen LogP contribution in [0.5, 0.6) is 5.75 Å². The van der Waals surface area contributed by atoms with E-state index >= 15 is 0 Å². The number of aromatic carboxylic acids is 1. The molecule has 1 aromatic heterocycles. The molecule has 0 amide bonds. The van der Waals surface area contributed by atoms with Crippen LogP contribution >= 0.6 is 0 Å². The third kappa shape index (κ3) is 2.58. The lowest BCUT2D eigenvalue weighted by Crippen LogP contribution is -2.05. The first kappa shape index (κ1) is 13.9. The number of nitrogens with zero attached hydrogens (tertiary/aromatic N) is 1. The van der Waals surface area contributed by atoms with E-state index < -0.39 is 23.4 Å². The average Bonchev–Trinajstić information content (AvgIpc) is 2.86. The van der Waals surface area contributed by atoms with Crippen molar-refractivity contribution in [2.24, 2.45) is 0 Å². The first-order valence-corrected chi connectivity index (χ1v) is 5.28. The summed E-state index contributed by atoms with van der Waals surface area (Å²) in [6.45, 7) is 0. The summed E-state index contributed by atoms with van der Waals surface area (Å²) in [6, 6.07) is 3.82. The van der Waals surface area contributed by atoms with Crippen molar-refractivity contribution in [1.29, 1.82) is 0 Å². The average molecular weight is 287 g/mol. The number of rotatable bonds is 3. The van der Waals surface area contributed by atoms with Gasteiger partial charge < -0.3 is 14.4 Å². The normalized spacial score (nSPS) is 11.4. The van der Waals surface area contributed by atoms with E-state index in [-0.39, 0.29) is 17.1 Å². The van der Waals surface area contributed by atoms with Crippen LogP contribution in [0.3, 0.4) is 0 Å². The first-order chi connectivity index (χ1) is 9.32. The summed E-state index contributed by atoms with van der Waals surface area (Å²) >= 11 is 0. The van der Waals surface area contributed by atoms with Crippen molar-refractivity contribution in [3.63, 3.8) is 0 Å². The van der Waals surface area contributed by atoms with Crippen molar-refractivity contribution in [3.05, 3.63) is 35.5 Å². The first-order valence-electron chi connectivity index (χ1n) is 5.28. The third-order valence-corrected chi connectivity index (χ3v) is 2.52. The number of hydrogen-bond donors (Lipinski definition) is 1. The molecule has 0 fully saturated rings. The molecule has 1 N–H and O–H groups in total. The second kappa shape index (κ2) is 4.87. The molecule has 5 nitrogen and oxygen atoms in total. The van der Waals surface area contributed by atoms with Gasteiger partial charge in [0.25, 0.3) is 0 Å². The van der Waals surface area contributed by atoms with Crippen LogP contribution in [0.2, 0.25) is 0 Å². The largest absolute Gasteiger partial charge is 0.496 e. The van der Waals surface area contributed by atoms with E-state index in [9.17, 15) is 18.0 Å². The number of carbonyl (C=O) groups is 1. The second-order valence-electron chi connectivity index (χ2n) is 3.79. The molecule has 0 spiro atoms. The smallest absolute Gasteiger partial charge is 0.416 e. The standard InChI is InChI=1S/C12H8F3NO4/c1-19-9-3-2-6(12(13,14)15)4-7(9)10-5-8(11(17)18)16-20-10/h2-5H,1H3,(H,17,18). The van der Waals surface area contributed by atoms with E-state index in [1.165, 1.54) is 7.11 Å². The van der Waals surface area contributed by atoms with Crippen molar-refractivity contribution in [1.82, 2.24) is 5.16 Å². The molecule has 2 rings (SSSR count). The molecular formula is C12H8F3NO4. The second-order valence-corrected chi connectivity index (χ2v) is 3.79. The zero-order valence-corrected chi connectivity index (χ0v) is 10.1. The highest BCUT2D eigenvalue weighted by molar-refractivity contribution is 5.86. The Morgan fingerprint density at radius 1 is 1.35 bits per heavy atom. The van der Waals surface area contributed by atoms with Gasteiger partial charge in [0.1, 0.15) is 5.75 Å². The summed E-state index contributed by atoms with van der Waals surface area (Å²) in [7, 11) is 1.28. The third-order valence-electron chi connectivity index (χ3n) is 2.52. The van der Waals surface area contributed by atoms with Gasteiger partial charge in [-0.3, -0.25) is 0 Å². The molecule has 1 heterocycles. The van der Waals surface area contributed by atoms with E-state index in [2.05, 4.69) is 5.16 Å². The molecule has 106 valence electrons. The Morgan fingerprint density at radius 2 is 2.05 bits per heavy atom. The zero-order valence-electron chi connectivity index (χ0n) is 10.1. The highest BCUT2D eigenvalue weighted by Crippen LogP contribution is 2.37. The maximum Gasteiger partial charge on any atom is 0.416 e. The van der Waals surface area contributed by atoms with Gasteiger partial charge in [0, 0.05) is 6.07 Å². The summed E-state index contributed by atoms with van der Waals surface area (Å²) in [4.78, 5) is 10.7. The molecule has 2 aromatic rings. The van der Waals surface area contributed by atoms with Crippen LogP contribution in [0.4, 0.5) is 13.2 Å². The summed E-state index contributed by atoms with van der Waals surface area (Å²) < 4.78 is 47.7. The van der Waals surface area contributed by atoms with E-state index in [0.29, 0.717) is 0 Å². The number of aromatic nitrogens is 1. The minimum absolute atomic E-state index is 0.0256. The molecule has 0 radical (unpaired) electrons. The Labute approximate surface area is 110 Å². The van der Waals surface area contributed by atoms with Crippen LogP contribution in [-0.2, 0) is 6.18 Å². The minimum Gasteiger partial charge on any atom is -0.496 e. The van der Waals surface area contributed by atoms with Gasteiger partial charge in [-0.15, -0.1) is 0 Å². The maximum absolute atomic E-state index is 12.7. The van der Waals surface area contributed by atoms with Gasteiger partial charge in [-0.2, -0.15) is 13.2 Å². The molecule has 0 saturated carbocycles. The Balaban J connectivity index is 2.55. The maximum atomic E-state index is 12.7. The molecule has 0 unspecified atom stereocenters. The van der Waals surface area contributed by atoms with Crippen LogP contribution in [-0.4, -0.2) is 23.3 Å². The van der Waals surface area contributed by atoms with Gasteiger partial charge in [0.05, 0.1) is 18.2 Å². The van der Waals surface area contributed by atoms with Crippen LogP contribution in [0, 0.1) is 0 Å². The topological polar surface area (TPSA) is 72.6 Å². The number of methoxy groups -OCH3 is 1. The van der Waals surface area contributed by atoms with Crippen LogP contribution in [0.25, 0.3) is 11.3 Å². The molecule has 0 atom stereocenters. The van der Waals surface area contributed by atoms with E-state index in [0.717, 1.165) is 24.3 Å². The minimum atomic E-state index is -4.53. The molecule has 0 bridgehead atoms. The van der Waals surface area contributed by atoms with E-state index in [1.54, 1.807) is 0 Å². The fourth-order valence-corrected chi connectivity index (χ4v) is 1.58. The summed E-state index contributed by atoms with van der Waals surface area (Å²) in [5.41, 5.74) is -1.33. The molecule has 0 saturated heterocycles. The number of ether oxygens (including phenoxy) is 1. The Hall–Kier alpha value is -2.51. The monoisotopic (exact) mass is 287 g/mol. The number of carboxylic acids is 1. The Kier molecular flexibility index (Phi) is 3.39.